The van der Waals surface area contributed by atoms with Gasteiger partial charge < -0.3 is 10.2 Å². The van der Waals surface area contributed by atoms with Crippen molar-refractivity contribution < 1.29 is 18.0 Å². The zero-order chi connectivity index (χ0) is 28.6. The molecule has 39 heavy (non-hydrogen) atoms. The summed E-state index contributed by atoms with van der Waals surface area (Å²) in [4.78, 5) is 28.4. The summed E-state index contributed by atoms with van der Waals surface area (Å²) >= 11 is 9.68. The highest BCUT2D eigenvalue weighted by Gasteiger charge is 2.30. The summed E-state index contributed by atoms with van der Waals surface area (Å²) in [7, 11) is -2.07. The van der Waals surface area contributed by atoms with E-state index in [1.807, 2.05) is 54.6 Å². The summed E-state index contributed by atoms with van der Waals surface area (Å²) < 4.78 is 27.5. The van der Waals surface area contributed by atoms with E-state index < -0.39 is 16.1 Å². The zero-order valence-electron chi connectivity index (χ0n) is 22.2. The lowest BCUT2D eigenvalue weighted by atomic mass is 10.0. The van der Waals surface area contributed by atoms with Crippen LogP contribution in [0.2, 0.25) is 5.02 Å². The van der Waals surface area contributed by atoms with Crippen molar-refractivity contribution in [2.24, 2.45) is 0 Å². The van der Waals surface area contributed by atoms with Gasteiger partial charge in [0.1, 0.15) is 6.04 Å². The van der Waals surface area contributed by atoms with E-state index in [0.29, 0.717) is 22.7 Å². The summed E-state index contributed by atoms with van der Waals surface area (Å²) in [6.45, 7) is 2.10. The molecule has 0 radical (unpaired) electrons. The first-order chi connectivity index (χ1) is 18.5. The molecule has 0 aliphatic carbocycles. The lowest BCUT2D eigenvalue weighted by Gasteiger charge is -2.31. The second kappa shape index (κ2) is 14.0. The second-order valence-electron chi connectivity index (χ2n) is 9.29. The number of nitrogens with zero attached hydrogens (tertiary/aromatic N) is 2. The van der Waals surface area contributed by atoms with Crippen LogP contribution in [0.5, 0.6) is 0 Å². The fourth-order valence-electron chi connectivity index (χ4n) is 4.36. The van der Waals surface area contributed by atoms with E-state index in [0.717, 1.165) is 21.9 Å². The average molecular weight is 635 g/mol. The van der Waals surface area contributed by atoms with Crippen molar-refractivity contribution in [2.45, 2.75) is 38.8 Å². The fraction of sp³-hybridized carbons (Fsp3) is 0.310. The first-order valence-corrected chi connectivity index (χ1v) is 15.6. The van der Waals surface area contributed by atoms with Crippen LogP contribution < -0.4 is 9.62 Å². The van der Waals surface area contributed by atoms with Crippen molar-refractivity contribution in [2.75, 3.05) is 24.2 Å². The molecule has 0 fully saturated rings. The van der Waals surface area contributed by atoms with Crippen LogP contribution in [0.25, 0.3) is 0 Å². The number of likely N-dealkylation sites (N-methyl/N-ethyl adjacent to an activating group) is 1. The van der Waals surface area contributed by atoms with Crippen LogP contribution in [-0.4, -0.2) is 51.0 Å². The van der Waals surface area contributed by atoms with E-state index in [1.165, 1.54) is 4.31 Å². The van der Waals surface area contributed by atoms with Gasteiger partial charge >= 0.3 is 0 Å². The van der Waals surface area contributed by atoms with E-state index in [2.05, 4.69) is 21.2 Å². The third-order valence-electron chi connectivity index (χ3n) is 6.44. The molecule has 1 unspecified atom stereocenters. The zero-order valence-corrected chi connectivity index (χ0v) is 25.4. The Balaban J connectivity index is 1.86. The number of sulfonamides is 1. The summed E-state index contributed by atoms with van der Waals surface area (Å²) in [5.74, 6) is -0.504. The average Bonchev–Trinajstić information content (AvgIpc) is 2.91. The van der Waals surface area contributed by atoms with Gasteiger partial charge in [0.05, 0.1) is 11.9 Å². The van der Waals surface area contributed by atoms with Gasteiger partial charge in [0.25, 0.3) is 0 Å². The minimum Gasteiger partial charge on any atom is -0.357 e. The molecule has 0 saturated carbocycles. The standard InChI is InChI=1S/C29H33BrClN3O4S/c1-21-25(31)11-7-12-26(21)34(39(3,37)38)18-8-13-28(35)33(20-23-14-16-24(30)17-15-23)27(29(36)32-2)19-22-9-5-4-6-10-22/h4-7,9-12,14-17,27H,8,13,18-20H2,1-3H3,(H,32,36). The van der Waals surface area contributed by atoms with E-state index in [-0.39, 0.29) is 37.7 Å². The molecule has 0 saturated heterocycles. The van der Waals surface area contributed by atoms with Gasteiger partial charge in [-0.3, -0.25) is 13.9 Å². The SMILES string of the molecule is CNC(=O)C(Cc1ccccc1)N(Cc1ccc(Br)cc1)C(=O)CCCN(c1cccc(Cl)c1C)S(C)(=O)=O. The van der Waals surface area contributed by atoms with Gasteiger partial charge in [0.2, 0.25) is 21.8 Å². The van der Waals surface area contributed by atoms with Gasteiger partial charge in [-0.05, 0) is 54.3 Å². The van der Waals surface area contributed by atoms with Crippen LogP contribution in [0.4, 0.5) is 5.69 Å². The highest BCUT2D eigenvalue weighted by Crippen LogP contribution is 2.28. The molecule has 1 atom stereocenters. The monoisotopic (exact) mass is 633 g/mol. The summed E-state index contributed by atoms with van der Waals surface area (Å²) in [6, 6.07) is 21.5. The Labute approximate surface area is 244 Å². The number of hydrogen-bond acceptors (Lipinski definition) is 4. The van der Waals surface area contributed by atoms with Gasteiger partial charge in [-0.25, -0.2) is 8.42 Å². The Hall–Kier alpha value is -2.88. The molecule has 7 nitrogen and oxygen atoms in total. The maximum Gasteiger partial charge on any atom is 0.242 e. The largest absolute Gasteiger partial charge is 0.357 e. The van der Waals surface area contributed by atoms with E-state index in [9.17, 15) is 18.0 Å². The number of halogens is 2. The Kier molecular flexibility index (Phi) is 11.0. The molecular formula is C29H33BrClN3O4S. The van der Waals surface area contributed by atoms with Crippen molar-refractivity contribution in [1.29, 1.82) is 0 Å². The Morgan fingerprint density at radius 2 is 1.64 bits per heavy atom. The Morgan fingerprint density at radius 1 is 0.974 bits per heavy atom. The van der Waals surface area contributed by atoms with Gasteiger partial charge in [-0.1, -0.05) is 76.1 Å². The topological polar surface area (TPSA) is 86.8 Å². The molecule has 3 rings (SSSR count). The lowest BCUT2D eigenvalue weighted by molar-refractivity contribution is -0.141. The molecule has 208 valence electrons. The van der Waals surface area contributed by atoms with Crippen molar-refractivity contribution in [3.05, 3.63) is 99.0 Å². The van der Waals surface area contributed by atoms with E-state index >= 15 is 0 Å². The van der Waals surface area contributed by atoms with E-state index in [4.69, 9.17) is 11.6 Å². The van der Waals surface area contributed by atoms with Gasteiger partial charge in [-0.2, -0.15) is 0 Å². The first-order valence-electron chi connectivity index (χ1n) is 12.5. The number of anilines is 1. The molecule has 0 aliphatic rings. The molecule has 0 heterocycles. The maximum atomic E-state index is 13.7. The van der Waals surface area contributed by atoms with Crippen LogP contribution in [0.3, 0.4) is 0 Å². The Morgan fingerprint density at radius 3 is 2.26 bits per heavy atom. The molecule has 3 aromatic carbocycles. The van der Waals surface area contributed by atoms with Crippen LogP contribution in [-0.2, 0) is 32.6 Å². The Bertz CT molecular complexity index is 1390. The summed E-state index contributed by atoms with van der Waals surface area (Å²) in [5, 5.41) is 3.17. The molecule has 1 N–H and O–H groups in total. The molecule has 0 spiro atoms. The van der Waals surface area contributed by atoms with Gasteiger partial charge in [-0.15, -0.1) is 0 Å². The van der Waals surface area contributed by atoms with Crippen LogP contribution in [0.1, 0.15) is 29.5 Å². The summed E-state index contributed by atoms with van der Waals surface area (Å²) in [6.07, 6.45) is 1.81. The maximum absolute atomic E-state index is 13.7. The minimum atomic E-state index is -3.62. The number of carbonyl (C=O) groups excluding carboxylic acids is 2. The van der Waals surface area contributed by atoms with Gasteiger partial charge in [0, 0.05) is 42.5 Å². The van der Waals surface area contributed by atoms with Crippen molar-refractivity contribution in [1.82, 2.24) is 10.2 Å². The number of nitrogens with one attached hydrogen (secondary N) is 1. The molecule has 0 bridgehead atoms. The molecule has 3 aromatic rings. The predicted molar refractivity (Wildman–Crippen MR) is 160 cm³/mol. The van der Waals surface area contributed by atoms with E-state index in [1.54, 1.807) is 37.1 Å². The highest BCUT2D eigenvalue weighted by atomic mass is 79.9. The van der Waals surface area contributed by atoms with Crippen LogP contribution in [0.15, 0.2) is 77.3 Å². The lowest BCUT2D eigenvalue weighted by Crippen LogP contribution is -2.49. The minimum absolute atomic E-state index is 0.0600. The normalized spacial score (nSPS) is 12.0. The molecule has 2 amide bonds. The van der Waals surface area contributed by atoms with Crippen LogP contribution >= 0.6 is 27.5 Å². The number of benzene rings is 3. The second-order valence-corrected chi connectivity index (χ2v) is 12.5. The van der Waals surface area contributed by atoms with Crippen molar-refractivity contribution in [3.63, 3.8) is 0 Å². The summed E-state index contributed by atoms with van der Waals surface area (Å²) in [5.41, 5.74) is 2.94. The number of hydrogen-bond donors (Lipinski definition) is 1. The molecule has 0 aromatic heterocycles. The van der Waals surface area contributed by atoms with Crippen molar-refractivity contribution >= 4 is 55.1 Å². The molecule has 10 heteroatoms. The number of rotatable bonds is 12. The van der Waals surface area contributed by atoms with Gasteiger partial charge in [0.15, 0.2) is 0 Å². The van der Waals surface area contributed by atoms with Crippen LogP contribution in [0, 0.1) is 6.92 Å². The van der Waals surface area contributed by atoms with Crippen molar-refractivity contribution in [3.8, 4) is 0 Å². The molecular weight excluding hydrogens is 602 g/mol. The third-order valence-corrected chi connectivity index (χ3v) is 8.56. The number of carbonyl (C=O) groups is 2. The fourth-order valence-corrected chi connectivity index (χ4v) is 5.81. The molecule has 0 aliphatic heterocycles. The number of amides is 2. The quantitative estimate of drug-likeness (QED) is 0.291. The first kappa shape index (κ1) is 30.7. The smallest absolute Gasteiger partial charge is 0.242 e. The highest BCUT2D eigenvalue weighted by molar-refractivity contribution is 9.10. The predicted octanol–water partition coefficient (Wildman–Crippen LogP) is 5.34. The third kappa shape index (κ3) is 8.55.